The second-order valence-electron chi connectivity index (χ2n) is 7.37. The van der Waals surface area contributed by atoms with Crippen LogP contribution in [0.5, 0.6) is 5.75 Å². The summed E-state index contributed by atoms with van der Waals surface area (Å²) in [4.78, 5) is 13.1. The monoisotopic (exact) mass is 419 g/mol. The van der Waals surface area contributed by atoms with E-state index in [0.717, 1.165) is 29.7 Å². The zero-order valence-electron chi connectivity index (χ0n) is 17.3. The van der Waals surface area contributed by atoms with Crippen molar-refractivity contribution in [3.8, 4) is 17.1 Å². The largest absolute Gasteiger partial charge is 0.496 e. The van der Waals surface area contributed by atoms with Gasteiger partial charge in [0.25, 0.3) is 0 Å². The summed E-state index contributed by atoms with van der Waals surface area (Å²) in [5.41, 5.74) is 4.32. The van der Waals surface area contributed by atoms with Crippen molar-refractivity contribution in [3.63, 3.8) is 0 Å². The first-order chi connectivity index (χ1) is 14.6. The number of fused-ring (bicyclic) bond motifs is 1. The molecule has 1 unspecified atom stereocenters. The van der Waals surface area contributed by atoms with Gasteiger partial charge in [-0.1, -0.05) is 42.1 Å². The Hall–Kier alpha value is -2.86. The second-order valence-corrected chi connectivity index (χ2v) is 8.68. The number of thioether (sulfide) groups is 1. The lowest BCUT2D eigenvalue weighted by atomic mass is 10.0. The van der Waals surface area contributed by atoms with Crippen LogP contribution in [0.3, 0.4) is 0 Å². The minimum Gasteiger partial charge on any atom is -0.496 e. The van der Waals surface area contributed by atoms with Crippen molar-refractivity contribution in [2.45, 2.75) is 43.1 Å². The Kier molecular flexibility index (Phi) is 6.04. The van der Waals surface area contributed by atoms with Gasteiger partial charge in [0, 0.05) is 12.1 Å². The molecule has 4 rings (SSSR count). The highest BCUT2D eigenvalue weighted by Crippen LogP contribution is 2.33. The van der Waals surface area contributed by atoms with Gasteiger partial charge in [-0.2, -0.15) is 0 Å². The number of aryl methyl sites for hydroxylation is 2. The molecule has 1 atom stereocenters. The van der Waals surface area contributed by atoms with Gasteiger partial charge in [0.05, 0.1) is 17.9 Å². The van der Waals surface area contributed by atoms with E-state index >= 15 is 0 Å². The predicted octanol–water partition coefficient (Wildman–Crippen LogP) is 4.99. The predicted molar refractivity (Wildman–Crippen MR) is 120 cm³/mol. The summed E-state index contributed by atoms with van der Waals surface area (Å²) in [7, 11) is 1.64. The SMILES string of the molecule is C=CCn1c(SC(C)C(=O)c2ccc3c(c2)CCC3)nnc1-c1ccccc1OC. The van der Waals surface area contributed by atoms with Crippen molar-refractivity contribution in [1.29, 1.82) is 0 Å². The van der Waals surface area contributed by atoms with Gasteiger partial charge < -0.3 is 4.74 Å². The molecule has 1 heterocycles. The minimum atomic E-state index is -0.275. The van der Waals surface area contributed by atoms with Crippen LogP contribution in [0.4, 0.5) is 0 Å². The molecule has 0 saturated carbocycles. The number of hydrogen-bond acceptors (Lipinski definition) is 5. The maximum Gasteiger partial charge on any atom is 0.192 e. The molecule has 5 nitrogen and oxygen atoms in total. The lowest BCUT2D eigenvalue weighted by Gasteiger charge is -2.13. The number of aromatic nitrogens is 3. The Morgan fingerprint density at radius 1 is 1.23 bits per heavy atom. The van der Waals surface area contributed by atoms with E-state index in [2.05, 4.69) is 28.9 Å². The van der Waals surface area contributed by atoms with Crippen LogP contribution in [-0.2, 0) is 19.4 Å². The zero-order valence-corrected chi connectivity index (χ0v) is 18.1. The molecule has 0 spiro atoms. The molecule has 0 saturated heterocycles. The van der Waals surface area contributed by atoms with Crippen molar-refractivity contribution in [2.75, 3.05) is 7.11 Å². The third-order valence-electron chi connectivity index (χ3n) is 5.41. The molecule has 30 heavy (non-hydrogen) atoms. The van der Waals surface area contributed by atoms with Crippen molar-refractivity contribution in [2.24, 2.45) is 0 Å². The quantitative estimate of drug-likeness (QED) is 0.292. The van der Waals surface area contributed by atoms with E-state index in [1.807, 2.05) is 41.8 Å². The number of ether oxygens (including phenoxy) is 1. The van der Waals surface area contributed by atoms with Gasteiger partial charge in [-0.3, -0.25) is 9.36 Å². The van der Waals surface area contributed by atoms with E-state index in [9.17, 15) is 4.79 Å². The molecule has 1 aliphatic rings. The average Bonchev–Trinajstić information content (AvgIpc) is 3.40. The number of allylic oxidation sites excluding steroid dienone is 1. The fourth-order valence-corrected chi connectivity index (χ4v) is 4.81. The van der Waals surface area contributed by atoms with Crippen LogP contribution >= 0.6 is 11.8 Å². The Morgan fingerprint density at radius 3 is 2.83 bits per heavy atom. The second kappa shape index (κ2) is 8.88. The van der Waals surface area contributed by atoms with Crippen LogP contribution in [0.2, 0.25) is 0 Å². The summed E-state index contributed by atoms with van der Waals surface area (Å²) >= 11 is 1.43. The van der Waals surface area contributed by atoms with Crippen LogP contribution in [0.25, 0.3) is 11.4 Å². The van der Waals surface area contributed by atoms with Gasteiger partial charge in [-0.05, 0) is 55.5 Å². The van der Waals surface area contributed by atoms with Crippen molar-refractivity contribution < 1.29 is 9.53 Å². The summed E-state index contributed by atoms with van der Waals surface area (Å²) in [6, 6.07) is 13.8. The number of rotatable bonds is 8. The molecule has 2 aromatic carbocycles. The topological polar surface area (TPSA) is 57.0 Å². The molecule has 0 N–H and O–H groups in total. The molecular weight excluding hydrogens is 394 g/mol. The molecule has 0 fully saturated rings. The highest BCUT2D eigenvalue weighted by Gasteiger charge is 2.23. The van der Waals surface area contributed by atoms with Crippen molar-refractivity contribution in [3.05, 3.63) is 71.8 Å². The Bertz CT molecular complexity index is 1090. The van der Waals surface area contributed by atoms with Gasteiger partial charge in [0.15, 0.2) is 16.8 Å². The number of Topliss-reactive ketones (excluding diaryl/α,β-unsaturated/α-hetero) is 1. The van der Waals surface area contributed by atoms with Gasteiger partial charge in [-0.15, -0.1) is 16.8 Å². The number of carbonyl (C=O) groups is 1. The normalized spacial score (nSPS) is 13.7. The van der Waals surface area contributed by atoms with Crippen LogP contribution in [0, 0.1) is 0 Å². The van der Waals surface area contributed by atoms with Crippen LogP contribution < -0.4 is 4.74 Å². The first-order valence-corrected chi connectivity index (χ1v) is 11.0. The summed E-state index contributed by atoms with van der Waals surface area (Å²) in [6.07, 6.45) is 5.16. The maximum absolute atomic E-state index is 13.1. The van der Waals surface area contributed by atoms with Gasteiger partial charge in [0.1, 0.15) is 5.75 Å². The van der Waals surface area contributed by atoms with Crippen LogP contribution in [0.1, 0.15) is 34.8 Å². The third-order valence-corrected chi connectivity index (χ3v) is 6.49. The van der Waals surface area contributed by atoms with Crippen molar-refractivity contribution in [1.82, 2.24) is 14.8 Å². The number of carbonyl (C=O) groups excluding carboxylic acids is 1. The fraction of sp³-hybridized carbons (Fsp3) is 0.292. The highest BCUT2D eigenvalue weighted by atomic mass is 32.2. The van der Waals surface area contributed by atoms with Gasteiger partial charge in [0.2, 0.25) is 0 Å². The molecule has 1 aliphatic carbocycles. The van der Waals surface area contributed by atoms with Gasteiger partial charge >= 0.3 is 0 Å². The first kappa shape index (κ1) is 20.4. The van der Waals surface area contributed by atoms with Crippen LogP contribution in [-0.4, -0.2) is 32.9 Å². The number of hydrogen-bond donors (Lipinski definition) is 0. The molecule has 0 aliphatic heterocycles. The molecule has 0 bridgehead atoms. The van der Waals surface area contributed by atoms with Crippen LogP contribution in [0.15, 0.2) is 60.3 Å². The number of nitrogens with zero attached hydrogens (tertiary/aromatic N) is 3. The zero-order chi connectivity index (χ0) is 21.1. The molecule has 1 aromatic heterocycles. The van der Waals surface area contributed by atoms with E-state index in [4.69, 9.17) is 4.74 Å². The third kappa shape index (κ3) is 3.92. The first-order valence-electron chi connectivity index (χ1n) is 10.1. The standard InChI is InChI=1S/C24H25N3O2S/c1-4-14-27-23(20-10-5-6-11-21(20)29-3)25-26-24(27)30-16(2)22(28)19-13-12-17-8-7-9-18(17)15-19/h4-6,10-13,15-16H,1,7-9,14H2,2-3H3. The molecule has 0 amide bonds. The number of methoxy groups -OCH3 is 1. The molecule has 154 valence electrons. The Morgan fingerprint density at radius 2 is 2.03 bits per heavy atom. The number of benzene rings is 2. The highest BCUT2D eigenvalue weighted by molar-refractivity contribution is 8.00. The average molecular weight is 420 g/mol. The van der Waals surface area contributed by atoms with E-state index in [0.29, 0.717) is 17.5 Å². The maximum atomic E-state index is 13.1. The van der Waals surface area contributed by atoms with E-state index in [1.54, 1.807) is 13.2 Å². The Balaban J connectivity index is 1.60. The summed E-state index contributed by atoms with van der Waals surface area (Å²) in [5.74, 6) is 1.54. The Labute approximate surface area is 181 Å². The summed E-state index contributed by atoms with van der Waals surface area (Å²) < 4.78 is 7.46. The van der Waals surface area contributed by atoms with E-state index in [-0.39, 0.29) is 11.0 Å². The van der Waals surface area contributed by atoms with E-state index < -0.39 is 0 Å². The lowest BCUT2D eigenvalue weighted by Crippen LogP contribution is -2.15. The lowest BCUT2D eigenvalue weighted by molar-refractivity contribution is 0.0993. The smallest absolute Gasteiger partial charge is 0.192 e. The number of ketones is 1. The minimum absolute atomic E-state index is 0.113. The van der Waals surface area contributed by atoms with Crippen molar-refractivity contribution >= 4 is 17.5 Å². The summed E-state index contributed by atoms with van der Waals surface area (Å²) in [5, 5.41) is 9.20. The number of para-hydroxylation sites is 1. The van der Waals surface area contributed by atoms with E-state index in [1.165, 1.54) is 29.3 Å². The summed E-state index contributed by atoms with van der Waals surface area (Å²) in [6.45, 7) is 6.34. The molecular formula is C24H25N3O2S. The molecule has 3 aromatic rings. The molecule has 6 heteroatoms. The molecule has 0 radical (unpaired) electrons. The van der Waals surface area contributed by atoms with Gasteiger partial charge in [-0.25, -0.2) is 0 Å². The fourth-order valence-electron chi connectivity index (χ4n) is 3.87.